The third kappa shape index (κ3) is 5.00. The van der Waals surface area contributed by atoms with Crippen molar-refractivity contribution in [1.82, 2.24) is 10.6 Å². The first-order valence-electron chi connectivity index (χ1n) is 6.38. The van der Waals surface area contributed by atoms with Gasteiger partial charge in [0.15, 0.2) is 0 Å². The van der Waals surface area contributed by atoms with Crippen molar-refractivity contribution < 1.29 is 4.79 Å². The molecule has 0 unspecified atom stereocenters. The maximum absolute atomic E-state index is 11.4. The average Bonchev–Trinajstić information content (AvgIpc) is 3.17. The van der Waals surface area contributed by atoms with Crippen LogP contribution >= 0.6 is 0 Å². The highest BCUT2D eigenvalue weighted by atomic mass is 16.1. The lowest BCUT2D eigenvalue weighted by Gasteiger charge is -2.06. The first kappa shape index (κ1) is 12.1. The summed E-state index contributed by atoms with van der Waals surface area (Å²) in [7, 11) is 0. The van der Waals surface area contributed by atoms with Crippen LogP contribution in [0.4, 0.5) is 0 Å². The summed E-state index contributed by atoms with van der Waals surface area (Å²) in [6.45, 7) is 1.23. The predicted octanol–water partition coefficient (Wildman–Crippen LogP) is 1.49. The van der Waals surface area contributed by atoms with Crippen LogP contribution in [0.1, 0.15) is 24.8 Å². The molecule has 0 radical (unpaired) electrons. The van der Waals surface area contributed by atoms with Crippen molar-refractivity contribution in [2.75, 3.05) is 13.1 Å². The second-order valence-corrected chi connectivity index (χ2v) is 4.59. The number of nitrogens with one attached hydrogen (secondary N) is 2. The lowest BCUT2D eigenvalue weighted by Crippen LogP contribution is -2.35. The molecule has 1 aromatic carbocycles. The van der Waals surface area contributed by atoms with Gasteiger partial charge in [-0.1, -0.05) is 30.3 Å². The van der Waals surface area contributed by atoms with Crippen molar-refractivity contribution in [3.05, 3.63) is 35.9 Å². The van der Waals surface area contributed by atoms with E-state index < -0.39 is 0 Å². The van der Waals surface area contributed by atoms with E-state index in [-0.39, 0.29) is 5.91 Å². The van der Waals surface area contributed by atoms with Gasteiger partial charge < -0.3 is 10.6 Å². The number of hydrogen-bond acceptors (Lipinski definition) is 2. The second-order valence-electron chi connectivity index (χ2n) is 4.59. The molecule has 1 fully saturated rings. The zero-order valence-electron chi connectivity index (χ0n) is 10.1. The monoisotopic (exact) mass is 232 g/mol. The smallest absolute Gasteiger partial charge is 0.233 e. The zero-order chi connectivity index (χ0) is 11.9. The number of rotatable bonds is 7. The van der Waals surface area contributed by atoms with Gasteiger partial charge in [-0.2, -0.15) is 0 Å². The number of benzene rings is 1. The molecule has 3 heteroatoms. The molecule has 0 spiro atoms. The Morgan fingerprint density at radius 2 is 2.00 bits per heavy atom. The highest BCUT2D eigenvalue weighted by molar-refractivity contribution is 5.78. The van der Waals surface area contributed by atoms with Crippen LogP contribution in [0.3, 0.4) is 0 Å². The van der Waals surface area contributed by atoms with Crippen molar-refractivity contribution in [1.29, 1.82) is 0 Å². The fourth-order valence-corrected chi connectivity index (χ4v) is 1.75. The molecule has 1 aliphatic rings. The van der Waals surface area contributed by atoms with Crippen LogP contribution in [0.2, 0.25) is 0 Å². The number of hydrogen-bond donors (Lipinski definition) is 2. The van der Waals surface area contributed by atoms with Crippen LogP contribution < -0.4 is 10.6 Å². The molecule has 92 valence electrons. The fourth-order valence-electron chi connectivity index (χ4n) is 1.75. The molecular weight excluding hydrogens is 212 g/mol. The SMILES string of the molecule is O=C(CNC1CC1)NCCCc1ccccc1. The van der Waals surface area contributed by atoms with E-state index in [9.17, 15) is 4.79 Å². The summed E-state index contributed by atoms with van der Waals surface area (Å²) < 4.78 is 0. The fraction of sp³-hybridized carbons (Fsp3) is 0.500. The third-order valence-corrected chi connectivity index (χ3v) is 2.94. The topological polar surface area (TPSA) is 41.1 Å². The number of carbonyl (C=O) groups excluding carboxylic acids is 1. The molecule has 1 amide bonds. The summed E-state index contributed by atoms with van der Waals surface area (Å²) in [6, 6.07) is 11.0. The highest BCUT2D eigenvalue weighted by Gasteiger charge is 2.20. The third-order valence-electron chi connectivity index (χ3n) is 2.94. The van der Waals surface area contributed by atoms with Crippen LogP contribution in [0, 0.1) is 0 Å². The Bertz CT molecular complexity index is 346. The molecule has 3 nitrogen and oxygen atoms in total. The first-order valence-corrected chi connectivity index (χ1v) is 6.38. The van der Waals surface area contributed by atoms with Gasteiger partial charge in [-0.25, -0.2) is 0 Å². The van der Waals surface area contributed by atoms with Crippen molar-refractivity contribution >= 4 is 5.91 Å². The molecular formula is C14H20N2O. The van der Waals surface area contributed by atoms with Crippen molar-refractivity contribution in [3.8, 4) is 0 Å². The van der Waals surface area contributed by atoms with Gasteiger partial charge in [-0.05, 0) is 31.2 Å². The lowest BCUT2D eigenvalue weighted by molar-refractivity contribution is -0.120. The van der Waals surface area contributed by atoms with E-state index in [1.54, 1.807) is 0 Å². The number of aryl methyl sites for hydroxylation is 1. The Balaban J connectivity index is 1.51. The summed E-state index contributed by atoms with van der Waals surface area (Å²) >= 11 is 0. The number of carbonyl (C=O) groups is 1. The van der Waals surface area contributed by atoms with Crippen LogP contribution in [-0.4, -0.2) is 25.0 Å². The van der Waals surface area contributed by atoms with Gasteiger partial charge in [0.1, 0.15) is 0 Å². The quantitative estimate of drug-likeness (QED) is 0.699. The Hall–Kier alpha value is -1.35. The molecule has 1 aliphatic carbocycles. The Labute approximate surface area is 103 Å². The molecule has 2 rings (SSSR count). The van der Waals surface area contributed by atoms with Gasteiger partial charge in [0.05, 0.1) is 6.54 Å². The molecule has 0 bridgehead atoms. The van der Waals surface area contributed by atoms with Crippen LogP contribution in [-0.2, 0) is 11.2 Å². The maximum atomic E-state index is 11.4. The molecule has 0 aromatic heterocycles. The van der Waals surface area contributed by atoms with E-state index in [1.165, 1.54) is 18.4 Å². The summed E-state index contributed by atoms with van der Waals surface area (Å²) in [5.41, 5.74) is 1.33. The summed E-state index contributed by atoms with van der Waals surface area (Å²) in [5.74, 6) is 0.116. The van der Waals surface area contributed by atoms with E-state index in [2.05, 4.69) is 22.8 Å². The van der Waals surface area contributed by atoms with Gasteiger partial charge in [-0.15, -0.1) is 0 Å². The molecule has 1 aromatic rings. The van der Waals surface area contributed by atoms with Crippen molar-refractivity contribution in [2.24, 2.45) is 0 Å². The lowest BCUT2D eigenvalue weighted by atomic mass is 10.1. The van der Waals surface area contributed by atoms with Gasteiger partial charge in [0.25, 0.3) is 0 Å². The van der Waals surface area contributed by atoms with Crippen molar-refractivity contribution in [2.45, 2.75) is 31.7 Å². The summed E-state index contributed by atoms with van der Waals surface area (Å²) in [5, 5.41) is 6.14. The largest absolute Gasteiger partial charge is 0.355 e. The van der Waals surface area contributed by atoms with E-state index in [0.29, 0.717) is 12.6 Å². The van der Waals surface area contributed by atoms with Crippen LogP contribution in [0.5, 0.6) is 0 Å². The highest BCUT2D eigenvalue weighted by Crippen LogP contribution is 2.17. The second kappa shape index (κ2) is 6.40. The molecule has 0 atom stereocenters. The van der Waals surface area contributed by atoms with Crippen LogP contribution in [0.15, 0.2) is 30.3 Å². The van der Waals surface area contributed by atoms with E-state index in [0.717, 1.165) is 19.4 Å². The number of amides is 1. The molecule has 17 heavy (non-hydrogen) atoms. The van der Waals surface area contributed by atoms with E-state index >= 15 is 0 Å². The van der Waals surface area contributed by atoms with Gasteiger partial charge in [-0.3, -0.25) is 4.79 Å². The minimum absolute atomic E-state index is 0.116. The maximum Gasteiger partial charge on any atom is 0.233 e. The van der Waals surface area contributed by atoms with Gasteiger partial charge in [0, 0.05) is 12.6 Å². The average molecular weight is 232 g/mol. The van der Waals surface area contributed by atoms with E-state index in [1.807, 2.05) is 18.2 Å². The standard InChI is InChI=1S/C14H20N2O/c17-14(11-16-13-8-9-13)15-10-4-7-12-5-2-1-3-6-12/h1-3,5-6,13,16H,4,7-11H2,(H,15,17). The zero-order valence-corrected chi connectivity index (χ0v) is 10.1. The molecule has 0 saturated heterocycles. The van der Waals surface area contributed by atoms with E-state index in [4.69, 9.17) is 0 Å². The molecule has 0 aliphatic heterocycles. The minimum Gasteiger partial charge on any atom is -0.355 e. The summed E-state index contributed by atoms with van der Waals surface area (Å²) in [4.78, 5) is 11.4. The Morgan fingerprint density at radius 3 is 2.71 bits per heavy atom. The summed E-state index contributed by atoms with van der Waals surface area (Å²) in [6.07, 6.45) is 4.47. The molecule has 1 saturated carbocycles. The minimum atomic E-state index is 0.116. The van der Waals surface area contributed by atoms with Gasteiger partial charge >= 0.3 is 0 Å². The van der Waals surface area contributed by atoms with Crippen LogP contribution in [0.25, 0.3) is 0 Å². The Kier molecular flexibility index (Phi) is 4.56. The van der Waals surface area contributed by atoms with Crippen molar-refractivity contribution in [3.63, 3.8) is 0 Å². The normalized spacial score (nSPS) is 14.6. The first-order chi connectivity index (χ1) is 8.34. The predicted molar refractivity (Wildman–Crippen MR) is 68.8 cm³/mol. The van der Waals surface area contributed by atoms with Gasteiger partial charge in [0.2, 0.25) is 5.91 Å². The Morgan fingerprint density at radius 1 is 1.24 bits per heavy atom. The molecule has 2 N–H and O–H groups in total. The molecule has 0 heterocycles.